The van der Waals surface area contributed by atoms with E-state index in [4.69, 9.17) is 9.39 Å². The lowest BCUT2D eigenvalue weighted by Gasteiger charge is -2.22. The minimum atomic E-state index is -1.06. The van der Waals surface area contributed by atoms with Gasteiger partial charge in [-0.25, -0.2) is 9.18 Å². The van der Waals surface area contributed by atoms with E-state index in [0.29, 0.717) is 22.2 Å². The van der Waals surface area contributed by atoms with Crippen molar-refractivity contribution in [2.24, 2.45) is 5.92 Å². The molecular formula is C22H27BFNO5. The second kappa shape index (κ2) is 10.4. The van der Waals surface area contributed by atoms with Crippen molar-refractivity contribution >= 4 is 24.5 Å². The molecule has 1 aliphatic heterocycles. The number of esters is 1. The van der Waals surface area contributed by atoms with Crippen molar-refractivity contribution in [1.29, 1.82) is 0 Å². The summed E-state index contributed by atoms with van der Waals surface area (Å²) in [5.74, 6) is -1.70. The standard InChI is InChI=1S/C22H27BFNO5/c1-6-17(24)9-7-14(4)11-29-22(27)20(13(2)3)25-21(26)18-10-8-16-12-30-23(28)19(16)15(18)5/h6-10,13,20,28H,4,11-12H2,1-3,5H3,(H,25,26)/b9-7-,17-6+/t20-/m0/s1. The van der Waals surface area contributed by atoms with Gasteiger partial charge in [-0.2, -0.15) is 0 Å². The summed E-state index contributed by atoms with van der Waals surface area (Å²) in [4.78, 5) is 25.3. The Balaban J connectivity index is 2.06. The smallest absolute Gasteiger partial charge is 0.459 e. The minimum absolute atomic E-state index is 0.118. The summed E-state index contributed by atoms with van der Waals surface area (Å²) in [5, 5.41) is 12.7. The number of fused-ring (bicyclic) bond motifs is 1. The average molecular weight is 415 g/mol. The van der Waals surface area contributed by atoms with Crippen molar-refractivity contribution in [2.75, 3.05) is 6.61 Å². The predicted octanol–water partition coefficient (Wildman–Crippen LogP) is 2.50. The van der Waals surface area contributed by atoms with Crippen molar-refractivity contribution in [3.05, 3.63) is 65.0 Å². The van der Waals surface area contributed by atoms with Crippen LogP contribution >= 0.6 is 0 Å². The van der Waals surface area contributed by atoms with Crippen molar-refractivity contribution in [3.63, 3.8) is 0 Å². The number of benzene rings is 1. The molecule has 1 aliphatic rings. The largest absolute Gasteiger partial charge is 0.492 e. The number of amides is 1. The summed E-state index contributed by atoms with van der Waals surface area (Å²) in [6.45, 7) is 10.8. The van der Waals surface area contributed by atoms with Gasteiger partial charge in [0.1, 0.15) is 18.5 Å². The maximum Gasteiger partial charge on any atom is 0.492 e. The van der Waals surface area contributed by atoms with E-state index in [-0.39, 0.29) is 19.1 Å². The van der Waals surface area contributed by atoms with E-state index in [9.17, 15) is 19.0 Å². The Morgan fingerprint density at radius 2 is 2.10 bits per heavy atom. The van der Waals surface area contributed by atoms with Gasteiger partial charge in [0, 0.05) is 5.56 Å². The number of ether oxygens (including phenoxy) is 1. The fourth-order valence-electron chi connectivity index (χ4n) is 3.06. The third-order valence-electron chi connectivity index (χ3n) is 4.85. The second-order valence-corrected chi connectivity index (χ2v) is 7.44. The number of carbonyl (C=O) groups excluding carboxylic acids is 2. The molecule has 0 unspecified atom stereocenters. The molecule has 160 valence electrons. The lowest BCUT2D eigenvalue weighted by atomic mass is 9.75. The number of nitrogens with one attached hydrogen (secondary N) is 1. The molecule has 2 rings (SSSR count). The molecule has 1 atom stereocenters. The topological polar surface area (TPSA) is 84.9 Å². The zero-order valence-corrected chi connectivity index (χ0v) is 17.7. The molecule has 0 aliphatic carbocycles. The molecule has 0 spiro atoms. The monoisotopic (exact) mass is 415 g/mol. The third kappa shape index (κ3) is 5.67. The highest BCUT2D eigenvalue weighted by Gasteiger charge is 2.32. The Morgan fingerprint density at radius 3 is 2.73 bits per heavy atom. The second-order valence-electron chi connectivity index (χ2n) is 7.44. The summed E-state index contributed by atoms with van der Waals surface area (Å²) < 4.78 is 23.6. The van der Waals surface area contributed by atoms with E-state index >= 15 is 0 Å². The number of halogens is 1. The normalized spacial score (nSPS) is 14.8. The van der Waals surface area contributed by atoms with Gasteiger partial charge >= 0.3 is 13.1 Å². The molecule has 0 radical (unpaired) electrons. The van der Waals surface area contributed by atoms with Gasteiger partial charge in [-0.3, -0.25) is 4.79 Å². The molecule has 8 heteroatoms. The Morgan fingerprint density at radius 1 is 1.40 bits per heavy atom. The first-order valence-electron chi connectivity index (χ1n) is 9.72. The molecule has 0 saturated carbocycles. The molecule has 1 amide bonds. The molecule has 0 saturated heterocycles. The van der Waals surface area contributed by atoms with Crippen molar-refractivity contribution < 1.29 is 28.4 Å². The first-order valence-corrected chi connectivity index (χ1v) is 9.72. The van der Waals surface area contributed by atoms with Gasteiger partial charge in [0.25, 0.3) is 5.91 Å². The SMILES string of the molecule is C=C(/C=C\C(F)=C/C)COC(=O)[C@@H](NC(=O)c1ccc2c(c1C)B(O)OC2)C(C)C. The maximum absolute atomic E-state index is 13.1. The highest BCUT2D eigenvalue weighted by atomic mass is 19.1. The summed E-state index contributed by atoms with van der Waals surface area (Å²) in [7, 11) is -1.06. The van der Waals surface area contributed by atoms with E-state index in [1.807, 2.05) is 0 Å². The van der Waals surface area contributed by atoms with Crippen molar-refractivity contribution in [3.8, 4) is 0 Å². The van der Waals surface area contributed by atoms with Crippen molar-refractivity contribution in [1.82, 2.24) is 5.32 Å². The molecule has 1 heterocycles. The van der Waals surface area contributed by atoms with E-state index in [1.165, 1.54) is 18.2 Å². The van der Waals surface area contributed by atoms with E-state index in [0.717, 1.165) is 5.56 Å². The lowest BCUT2D eigenvalue weighted by Crippen LogP contribution is -2.46. The van der Waals surface area contributed by atoms with Crippen LogP contribution in [0.1, 0.15) is 42.3 Å². The Kier molecular flexibility index (Phi) is 8.14. The van der Waals surface area contributed by atoms with Gasteiger partial charge in [0.2, 0.25) is 0 Å². The van der Waals surface area contributed by atoms with Crippen LogP contribution in [0.25, 0.3) is 0 Å². The molecular weight excluding hydrogens is 388 g/mol. The fourth-order valence-corrected chi connectivity index (χ4v) is 3.06. The van der Waals surface area contributed by atoms with E-state index in [1.54, 1.807) is 39.8 Å². The van der Waals surface area contributed by atoms with Crippen LogP contribution in [0, 0.1) is 12.8 Å². The molecule has 0 aromatic heterocycles. The summed E-state index contributed by atoms with van der Waals surface area (Å²) >= 11 is 0. The quantitative estimate of drug-likeness (QED) is 0.387. The summed E-state index contributed by atoms with van der Waals surface area (Å²) in [6.07, 6.45) is 3.95. The van der Waals surface area contributed by atoms with Crippen LogP contribution in [-0.4, -0.2) is 36.7 Å². The summed E-state index contributed by atoms with van der Waals surface area (Å²) in [6, 6.07) is 2.50. The molecule has 6 nitrogen and oxygen atoms in total. The van der Waals surface area contributed by atoms with Crippen molar-refractivity contribution in [2.45, 2.75) is 40.3 Å². The van der Waals surface area contributed by atoms with Gasteiger partial charge in [-0.05, 0) is 54.1 Å². The minimum Gasteiger partial charge on any atom is -0.459 e. The van der Waals surface area contributed by atoms with Crippen LogP contribution < -0.4 is 10.8 Å². The zero-order valence-electron chi connectivity index (χ0n) is 17.7. The Hall–Kier alpha value is -2.71. The third-order valence-corrected chi connectivity index (χ3v) is 4.85. The van der Waals surface area contributed by atoms with Crippen LogP contribution in [0.4, 0.5) is 4.39 Å². The lowest BCUT2D eigenvalue weighted by molar-refractivity contribution is -0.146. The van der Waals surface area contributed by atoms with Gasteiger partial charge in [0.15, 0.2) is 0 Å². The number of carbonyl (C=O) groups is 2. The highest BCUT2D eigenvalue weighted by Crippen LogP contribution is 2.17. The molecule has 0 fully saturated rings. The zero-order chi connectivity index (χ0) is 22.4. The number of allylic oxidation sites excluding steroid dienone is 3. The first kappa shape index (κ1) is 23.6. The van der Waals surface area contributed by atoms with Crippen LogP contribution in [-0.2, 0) is 20.8 Å². The molecule has 30 heavy (non-hydrogen) atoms. The maximum atomic E-state index is 13.1. The van der Waals surface area contributed by atoms with Crippen LogP contribution in [0.2, 0.25) is 0 Å². The molecule has 1 aromatic carbocycles. The van der Waals surface area contributed by atoms with Gasteiger partial charge in [0.05, 0.1) is 6.61 Å². The first-order chi connectivity index (χ1) is 14.1. The van der Waals surface area contributed by atoms with Gasteiger partial charge < -0.3 is 19.7 Å². The van der Waals surface area contributed by atoms with Crippen LogP contribution in [0.15, 0.2) is 48.3 Å². The predicted molar refractivity (Wildman–Crippen MR) is 114 cm³/mol. The molecule has 1 aromatic rings. The highest BCUT2D eigenvalue weighted by molar-refractivity contribution is 6.62. The van der Waals surface area contributed by atoms with Gasteiger partial charge in [-0.1, -0.05) is 38.6 Å². The summed E-state index contributed by atoms with van der Waals surface area (Å²) in [5.41, 5.74) is 2.79. The van der Waals surface area contributed by atoms with Crippen LogP contribution in [0.3, 0.4) is 0 Å². The Bertz CT molecular complexity index is 894. The number of hydrogen-bond acceptors (Lipinski definition) is 5. The average Bonchev–Trinajstić information content (AvgIpc) is 3.09. The van der Waals surface area contributed by atoms with Crippen LogP contribution in [0.5, 0.6) is 0 Å². The Labute approximate surface area is 176 Å². The van der Waals surface area contributed by atoms with E-state index < -0.39 is 30.9 Å². The van der Waals surface area contributed by atoms with E-state index in [2.05, 4.69) is 11.9 Å². The fraction of sp³-hybridized carbons (Fsp3) is 0.364. The number of hydrogen-bond donors (Lipinski definition) is 2. The van der Waals surface area contributed by atoms with Gasteiger partial charge in [-0.15, -0.1) is 0 Å². The number of rotatable bonds is 8. The molecule has 0 bridgehead atoms. The molecule has 2 N–H and O–H groups in total.